The molecule has 0 bridgehead atoms. The lowest BCUT2D eigenvalue weighted by molar-refractivity contribution is -0.118. The minimum Gasteiger partial charge on any atom is -0.496 e. The zero-order valence-electron chi connectivity index (χ0n) is 17.8. The van der Waals surface area contributed by atoms with Crippen molar-refractivity contribution in [2.24, 2.45) is 5.18 Å². The lowest BCUT2D eigenvalue weighted by Gasteiger charge is -2.18. The molecule has 1 heterocycles. The van der Waals surface area contributed by atoms with Crippen LogP contribution in [-0.2, 0) is 22.2 Å². The van der Waals surface area contributed by atoms with Crippen LogP contribution in [0.25, 0.3) is 10.9 Å². The lowest BCUT2D eigenvalue weighted by atomic mass is 9.92. The Balaban J connectivity index is 1.59. The van der Waals surface area contributed by atoms with Crippen LogP contribution in [-0.4, -0.2) is 18.0 Å². The monoisotopic (exact) mass is 405 g/mol. The highest BCUT2D eigenvalue weighted by atomic mass is 16.5. The van der Waals surface area contributed by atoms with Crippen LogP contribution >= 0.6 is 0 Å². The van der Waals surface area contributed by atoms with E-state index >= 15 is 0 Å². The van der Waals surface area contributed by atoms with Crippen molar-refractivity contribution in [2.45, 2.75) is 51.0 Å². The van der Waals surface area contributed by atoms with Gasteiger partial charge in [0.25, 0.3) is 0 Å². The molecule has 1 saturated carbocycles. The molecule has 3 aromatic rings. The minimum absolute atomic E-state index is 0.0228. The van der Waals surface area contributed by atoms with Gasteiger partial charge >= 0.3 is 0 Å². The van der Waals surface area contributed by atoms with Gasteiger partial charge in [-0.05, 0) is 54.8 Å². The minimum atomic E-state index is -0.562. The van der Waals surface area contributed by atoms with Gasteiger partial charge in [-0.15, -0.1) is 0 Å². The second-order valence-electron chi connectivity index (χ2n) is 9.09. The number of nitroso groups, excluding NO2 is 1. The first-order valence-electron chi connectivity index (χ1n) is 10.2. The molecule has 0 aliphatic heterocycles. The van der Waals surface area contributed by atoms with E-state index in [9.17, 15) is 9.70 Å². The highest BCUT2D eigenvalue weighted by Crippen LogP contribution is 2.50. The number of benzene rings is 2. The average Bonchev–Trinajstić information content (AvgIpc) is 3.40. The molecule has 6 heteroatoms. The number of aromatic amines is 1. The number of methoxy groups -OCH3 is 1. The number of nitrogens with zero attached hydrogens (tertiary/aromatic N) is 1. The molecule has 30 heavy (non-hydrogen) atoms. The molecule has 1 aromatic heterocycles. The van der Waals surface area contributed by atoms with Gasteiger partial charge in [0.1, 0.15) is 12.3 Å². The van der Waals surface area contributed by atoms with Gasteiger partial charge < -0.3 is 15.0 Å². The molecule has 0 saturated heterocycles. The quantitative estimate of drug-likeness (QED) is 0.538. The summed E-state index contributed by atoms with van der Waals surface area (Å²) < 4.78 is 5.31. The molecule has 0 unspecified atom stereocenters. The number of carbonyl (C=O) groups is 1. The summed E-state index contributed by atoms with van der Waals surface area (Å²) >= 11 is 0. The number of ether oxygens (including phenoxy) is 1. The zero-order valence-corrected chi connectivity index (χ0v) is 17.8. The van der Waals surface area contributed by atoms with E-state index in [2.05, 4.69) is 42.3 Å². The Hall–Kier alpha value is -3.15. The SMILES string of the molecule is COc1ccc(C2(C(=O)Nc3ccc4[nH]c(C(C)(C)C)cc4c3)CC2)cc1CN=O. The van der Waals surface area contributed by atoms with Crippen molar-refractivity contribution in [1.29, 1.82) is 0 Å². The van der Waals surface area contributed by atoms with E-state index in [0.717, 1.165) is 40.7 Å². The van der Waals surface area contributed by atoms with E-state index in [4.69, 9.17) is 4.74 Å². The molecule has 0 spiro atoms. The first-order valence-corrected chi connectivity index (χ1v) is 10.2. The maximum atomic E-state index is 13.2. The van der Waals surface area contributed by atoms with Crippen molar-refractivity contribution in [1.82, 2.24) is 4.98 Å². The first kappa shape index (κ1) is 20.1. The largest absolute Gasteiger partial charge is 0.496 e. The van der Waals surface area contributed by atoms with Crippen LogP contribution in [0.5, 0.6) is 5.75 Å². The summed E-state index contributed by atoms with van der Waals surface area (Å²) in [5.74, 6) is 0.589. The fourth-order valence-electron chi connectivity index (χ4n) is 3.91. The van der Waals surface area contributed by atoms with Gasteiger partial charge in [-0.3, -0.25) is 4.79 Å². The molecule has 1 aliphatic carbocycles. The molecule has 1 aliphatic rings. The molecular weight excluding hydrogens is 378 g/mol. The van der Waals surface area contributed by atoms with Crippen LogP contribution in [0.1, 0.15) is 50.4 Å². The van der Waals surface area contributed by atoms with Gasteiger partial charge in [0.05, 0.1) is 12.5 Å². The number of nitrogens with one attached hydrogen (secondary N) is 2. The van der Waals surface area contributed by atoms with Crippen molar-refractivity contribution >= 4 is 22.5 Å². The summed E-state index contributed by atoms with van der Waals surface area (Å²) in [4.78, 5) is 27.4. The number of rotatable bonds is 6. The smallest absolute Gasteiger partial charge is 0.235 e. The Labute approximate surface area is 176 Å². The maximum Gasteiger partial charge on any atom is 0.235 e. The summed E-state index contributed by atoms with van der Waals surface area (Å²) in [7, 11) is 1.56. The van der Waals surface area contributed by atoms with Gasteiger partial charge in [-0.1, -0.05) is 32.0 Å². The van der Waals surface area contributed by atoms with Crippen molar-refractivity contribution in [3.05, 3.63) is 64.2 Å². The second kappa shape index (κ2) is 7.27. The fraction of sp³-hybridized carbons (Fsp3) is 0.375. The van der Waals surface area contributed by atoms with E-state index in [-0.39, 0.29) is 17.9 Å². The molecule has 0 atom stereocenters. The highest BCUT2D eigenvalue weighted by molar-refractivity contribution is 6.02. The van der Waals surface area contributed by atoms with Gasteiger partial charge in [0.15, 0.2) is 0 Å². The van der Waals surface area contributed by atoms with Crippen LogP contribution in [0.15, 0.2) is 47.6 Å². The van der Waals surface area contributed by atoms with Gasteiger partial charge in [-0.2, -0.15) is 4.91 Å². The average molecular weight is 405 g/mol. The summed E-state index contributed by atoms with van der Waals surface area (Å²) in [5.41, 5.74) is 4.07. The van der Waals surface area contributed by atoms with Gasteiger partial charge in [0, 0.05) is 33.3 Å². The van der Waals surface area contributed by atoms with Crippen LogP contribution in [0.3, 0.4) is 0 Å². The van der Waals surface area contributed by atoms with Crippen molar-refractivity contribution < 1.29 is 9.53 Å². The third kappa shape index (κ3) is 3.58. The molecule has 1 amide bonds. The predicted molar refractivity (Wildman–Crippen MR) is 119 cm³/mol. The van der Waals surface area contributed by atoms with Crippen LogP contribution in [0, 0.1) is 4.91 Å². The predicted octanol–water partition coefficient (Wildman–Crippen LogP) is 5.41. The fourth-order valence-corrected chi connectivity index (χ4v) is 3.91. The van der Waals surface area contributed by atoms with Gasteiger partial charge in [0.2, 0.25) is 5.91 Å². The van der Waals surface area contributed by atoms with E-state index < -0.39 is 5.41 Å². The summed E-state index contributed by atoms with van der Waals surface area (Å²) in [6.07, 6.45) is 1.55. The van der Waals surface area contributed by atoms with Crippen LogP contribution < -0.4 is 10.1 Å². The second-order valence-corrected chi connectivity index (χ2v) is 9.09. The Bertz CT molecular complexity index is 1120. The third-order valence-corrected chi connectivity index (χ3v) is 5.94. The van der Waals surface area contributed by atoms with Crippen molar-refractivity contribution in [3.63, 3.8) is 0 Å². The molecule has 2 N–H and O–H groups in total. The first-order chi connectivity index (χ1) is 14.3. The summed E-state index contributed by atoms with van der Waals surface area (Å²) in [6.45, 7) is 6.52. The number of aromatic nitrogens is 1. The van der Waals surface area contributed by atoms with E-state index in [1.165, 1.54) is 0 Å². The summed E-state index contributed by atoms with van der Waals surface area (Å²) in [6, 6.07) is 13.7. The molecule has 1 fully saturated rings. The van der Waals surface area contributed by atoms with Crippen LogP contribution in [0.2, 0.25) is 0 Å². The number of hydrogen-bond acceptors (Lipinski definition) is 4. The number of H-pyrrole nitrogens is 1. The number of hydrogen-bond donors (Lipinski definition) is 2. The molecule has 156 valence electrons. The maximum absolute atomic E-state index is 13.2. The van der Waals surface area contributed by atoms with Gasteiger partial charge in [-0.25, -0.2) is 0 Å². The van der Waals surface area contributed by atoms with Crippen LogP contribution in [0.4, 0.5) is 5.69 Å². The molecule has 2 aromatic carbocycles. The number of anilines is 1. The summed E-state index contributed by atoms with van der Waals surface area (Å²) in [5, 5.41) is 7.15. The standard InChI is InChI=1S/C24H27N3O3/c1-23(2,3)21-13-15-12-18(6-7-19(15)27-21)26-22(28)24(9-10-24)17-5-8-20(30-4)16(11-17)14-25-29/h5-8,11-13,27H,9-10,14H2,1-4H3,(H,26,28). The molecule has 0 radical (unpaired) electrons. The highest BCUT2D eigenvalue weighted by Gasteiger charge is 2.51. The normalized spacial score (nSPS) is 15.1. The number of carbonyl (C=O) groups excluding carboxylic acids is 1. The number of fused-ring (bicyclic) bond motifs is 1. The van der Waals surface area contributed by atoms with E-state index in [1.807, 2.05) is 36.4 Å². The Morgan fingerprint density at radius 3 is 2.57 bits per heavy atom. The van der Waals surface area contributed by atoms with Crippen molar-refractivity contribution in [2.75, 3.05) is 12.4 Å². The third-order valence-electron chi connectivity index (χ3n) is 5.94. The zero-order chi connectivity index (χ0) is 21.5. The lowest BCUT2D eigenvalue weighted by Crippen LogP contribution is -2.28. The Morgan fingerprint density at radius 2 is 1.93 bits per heavy atom. The Kier molecular flexibility index (Phi) is 4.88. The number of amides is 1. The molecule has 4 rings (SSSR count). The van der Waals surface area contributed by atoms with E-state index in [1.54, 1.807) is 7.11 Å². The topological polar surface area (TPSA) is 83.5 Å². The molecular formula is C24H27N3O3. The van der Waals surface area contributed by atoms with Crippen molar-refractivity contribution in [3.8, 4) is 5.75 Å². The molecule has 6 nitrogen and oxygen atoms in total. The Morgan fingerprint density at radius 1 is 1.17 bits per heavy atom. The van der Waals surface area contributed by atoms with E-state index in [0.29, 0.717) is 11.3 Å².